The molecule has 0 aliphatic carbocycles. The quantitative estimate of drug-likeness (QED) is 0.433. The molecule has 2 amide bonds. The van der Waals surface area contributed by atoms with Crippen LogP contribution in [0.3, 0.4) is 0 Å². The first kappa shape index (κ1) is 18.9. The highest BCUT2D eigenvalue weighted by Gasteiger charge is 2.20. The van der Waals surface area contributed by atoms with Crippen molar-refractivity contribution >= 4 is 17.4 Å². The molecule has 0 fully saturated rings. The van der Waals surface area contributed by atoms with Gasteiger partial charge in [-0.3, -0.25) is 10.1 Å². The molecule has 0 aliphatic heterocycles. The van der Waals surface area contributed by atoms with Gasteiger partial charge >= 0.3 is 6.03 Å². The van der Waals surface area contributed by atoms with Gasteiger partial charge in [-0.2, -0.15) is 0 Å². The lowest BCUT2D eigenvalue weighted by atomic mass is 10.1. The lowest BCUT2D eigenvalue weighted by Crippen LogP contribution is -2.42. The standard InChI is InChI=1S/C15H23N3O5/c1-11(2)17(7-9-23-10-8-19)15(20)16-13-5-4-6-14(12(13)3)18(21)22/h4-6,11,19H,7-10H2,1-3H3,(H,16,20). The highest BCUT2D eigenvalue weighted by Crippen LogP contribution is 2.25. The summed E-state index contributed by atoms with van der Waals surface area (Å²) in [6, 6.07) is 4.14. The molecule has 1 rings (SSSR count). The molecule has 0 saturated heterocycles. The number of aliphatic hydroxyl groups excluding tert-OH is 1. The number of benzene rings is 1. The number of anilines is 1. The molecule has 23 heavy (non-hydrogen) atoms. The molecular weight excluding hydrogens is 302 g/mol. The summed E-state index contributed by atoms with van der Waals surface area (Å²) in [5.74, 6) is 0. The second-order valence-corrected chi connectivity index (χ2v) is 5.26. The normalized spacial score (nSPS) is 10.7. The molecule has 0 unspecified atom stereocenters. The SMILES string of the molecule is Cc1c(NC(=O)N(CCOCCO)C(C)C)cccc1[N+](=O)[O-]. The molecule has 0 bridgehead atoms. The highest BCUT2D eigenvalue weighted by atomic mass is 16.6. The molecule has 0 heterocycles. The minimum atomic E-state index is -0.478. The first-order valence-corrected chi connectivity index (χ1v) is 7.38. The third-order valence-corrected chi connectivity index (χ3v) is 3.34. The Morgan fingerprint density at radius 1 is 1.43 bits per heavy atom. The molecule has 0 radical (unpaired) electrons. The second kappa shape index (κ2) is 9.06. The zero-order valence-corrected chi connectivity index (χ0v) is 13.6. The highest BCUT2D eigenvalue weighted by molar-refractivity contribution is 5.91. The molecular formula is C15H23N3O5. The number of aliphatic hydroxyl groups is 1. The Balaban J connectivity index is 2.79. The van der Waals surface area contributed by atoms with Gasteiger partial charge in [-0.05, 0) is 26.8 Å². The molecule has 0 atom stereocenters. The number of nitrogens with one attached hydrogen (secondary N) is 1. The number of nitro groups is 1. The van der Waals surface area contributed by atoms with Gasteiger partial charge < -0.3 is 20.1 Å². The molecule has 2 N–H and O–H groups in total. The van der Waals surface area contributed by atoms with Gasteiger partial charge in [0.15, 0.2) is 0 Å². The Morgan fingerprint density at radius 3 is 2.70 bits per heavy atom. The van der Waals surface area contributed by atoms with Crippen LogP contribution in [0, 0.1) is 17.0 Å². The Morgan fingerprint density at radius 2 is 2.13 bits per heavy atom. The molecule has 8 nitrogen and oxygen atoms in total. The minimum Gasteiger partial charge on any atom is -0.394 e. The summed E-state index contributed by atoms with van der Waals surface area (Å²) >= 11 is 0. The van der Waals surface area contributed by atoms with E-state index in [4.69, 9.17) is 9.84 Å². The minimum absolute atomic E-state index is 0.0369. The topological polar surface area (TPSA) is 105 Å². The van der Waals surface area contributed by atoms with E-state index >= 15 is 0 Å². The van der Waals surface area contributed by atoms with E-state index in [0.717, 1.165) is 0 Å². The predicted octanol–water partition coefficient (Wildman–Crippen LogP) is 2.15. The predicted molar refractivity (Wildman–Crippen MR) is 86.6 cm³/mol. The van der Waals surface area contributed by atoms with Crippen molar-refractivity contribution in [2.45, 2.75) is 26.8 Å². The third-order valence-electron chi connectivity index (χ3n) is 3.34. The van der Waals surface area contributed by atoms with Crippen molar-refractivity contribution in [1.29, 1.82) is 0 Å². The van der Waals surface area contributed by atoms with Crippen LogP contribution in [-0.4, -0.2) is 53.4 Å². The first-order valence-electron chi connectivity index (χ1n) is 7.38. The van der Waals surface area contributed by atoms with Gasteiger partial charge in [0, 0.05) is 18.7 Å². The Hall–Kier alpha value is -2.19. The van der Waals surface area contributed by atoms with E-state index in [1.54, 1.807) is 17.9 Å². The molecule has 0 aromatic heterocycles. The number of hydrogen-bond donors (Lipinski definition) is 2. The summed E-state index contributed by atoms with van der Waals surface area (Å²) in [7, 11) is 0. The van der Waals surface area contributed by atoms with Crippen LogP contribution in [0.1, 0.15) is 19.4 Å². The van der Waals surface area contributed by atoms with Crippen LogP contribution >= 0.6 is 0 Å². The molecule has 8 heteroatoms. The van der Waals surface area contributed by atoms with E-state index in [1.807, 2.05) is 13.8 Å². The first-order chi connectivity index (χ1) is 10.9. The fourth-order valence-electron chi connectivity index (χ4n) is 2.07. The summed E-state index contributed by atoms with van der Waals surface area (Å²) in [6.07, 6.45) is 0. The fourth-order valence-corrected chi connectivity index (χ4v) is 2.07. The summed E-state index contributed by atoms with van der Waals surface area (Å²) in [5.41, 5.74) is 0.780. The van der Waals surface area contributed by atoms with E-state index in [9.17, 15) is 14.9 Å². The van der Waals surface area contributed by atoms with Gasteiger partial charge in [-0.15, -0.1) is 0 Å². The van der Waals surface area contributed by atoms with Crippen molar-refractivity contribution in [3.05, 3.63) is 33.9 Å². The van der Waals surface area contributed by atoms with E-state index < -0.39 is 4.92 Å². The third kappa shape index (κ3) is 5.50. The van der Waals surface area contributed by atoms with Crippen molar-refractivity contribution in [2.75, 3.05) is 31.7 Å². The van der Waals surface area contributed by atoms with Crippen molar-refractivity contribution in [3.63, 3.8) is 0 Å². The lowest BCUT2D eigenvalue weighted by Gasteiger charge is -2.27. The van der Waals surface area contributed by atoms with Crippen LogP contribution in [0.25, 0.3) is 0 Å². The van der Waals surface area contributed by atoms with E-state index in [0.29, 0.717) is 24.4 Å². The Bertz CT molecular complexity index is 548. The van der Waals surface area contributed by atoms with Gasteiger partial charge in [0.2, 0.25) is 0 Å². The molecule has 128 valence electrons. The Kier molecular flexibility index (Phi) is 7.43. The maximum absolute atomic E-state index is 12.4. The van der Waals surface area contributed by atoms with E-state index in [-0.39, 0.29) is 31.0 Å². The molecule has 1 aromatic carbocycles. The second-order valence-electron chi connectivity index (χ2n) is 5.26. The van der Waals surface area contributed by atoms with Crippen LogP contribution < -0.4 is 5.32 Å². The Labute approximate surface area is 135 Å². The van der Waals surface area contributed by atoms with Gasteiger partial charge in [-0.1, -0.05) is 6.07 Å². The van der Waals surface area contributed by atoms with E-state index in [1.165, 1.54) is 12.1 Å². The zero-order valence-electron chi connectivity index (χ0n) is 13.6. The average Bonchev–Trinajstić information content (AvgIpc) is 2.48. The van der Waals surface area contributed by atoms with Crippen LogP contribution in [0.5, 0.6) is 0 Å². The molecule has 0 spiro atoms. The largest absolute Gasteiger partial charge is 0.394 e. The van der Waals surface area contributed by atoms with Gasteiger partial charge in [0.1, 0.15) is 0 Å². The zero-order chi connectivity index (χ0) is 17.4. The number of urea groups is 1. The number of ether oxygens (including phenoxy) is 1. The van der Waals surface area contributed by atoms with Crippen molar-refractivity contribution in [1.82, 2.24) is 4.90 Å². The number of nitrogens with zero attached hydrogens (tertiary/aromatic N) is 2. The number of nitro benzene ring substituents is 1. The number of carbonyl (C=O) groups excluding carboxylic acids is 1. The summed E-state index contributed by atoms with van der Waals surface area (Å²) in [4.78, 5) is 24.4. The van der Waals surface area contributed by atoms with Crippen molar-refractivity contribution in [2.24, 2.45) is 0 Å². The maximum atomic E-state index is 12.4. The molecule has 1 aromatic rings. The molecule has 0 aliphatic rings. The average molecular weight is 325 g/mol. The number of hydrogen-bond acceptors (Lipinski definition) is 5. The van der Waals surface area contributed by atoms with Crippen molar-refractivity contribution in [3.8, 4) is 0 Å². The number of carbonyl (C=O) groups is 1. The van der Waals surface area contributed by atoms with Crippen LogP contribution in [-0.2, 0) is 4.74 Å². The monoisotopic (exact) mass is 325 g/mol. The number of rotatable bonds is 8. The summed E-state index contributed by atoms with van der Waals surface area (Å²) in [6.45, 7) is 6.14. The van der Waals surface area contributed by atoms with Crippen LogP contribution in [0.2, 0.25) is 0 Å². The summed E-state index contributed by atoms with van der Waals surface area (Å²) < 4.78 is 5.18. The van der Waals surface area contributed by atoms with Crippen LogP contribution in [0.15, 0.2) is 18.2 Å². The van der Waals surface area contributed by atoms with Gasteiger partial charge in [0.05, 0.1) is 36.0 Å². The van der Waals surface area contributed by atoms with E-state index in [2.05, 4.69) is 5.32 Å². The lowest BCUT2D eigenvalue weighted by molar-refractivity contribution is -0.385. The fraction of sp³-hybridized carbons (Fsp3) is 0.533. The van der Waals surface area contributed by atoms with Gasteiger partial charge in [0.25, 0.3) is 5.69 Å². The molecule has 0 saturated carbocycles. The number of amides is 2. The van der Waals surface area contributed by atoms with Crippen LogP contribution in [0.4, 0.5) is 16.2 Å². The maximum Gasteiger partial charge on any atom is 0.322 e. The summed E-state index contributed by atoms with van der Waals surface area (Å²) in [5, 5.41) is 22.3. The van der Waals surface area contributed by atoms with Crippen molar-refractivity contribution < 1.29 is 19.6 Å². The van der Waals surface area contributed by atoms with Gasteiger partial charge in [-0.25, -0.2) is 4.79 Å². The smallest absolute Gasteiger partial charge is 0.322 e.